The number of carbonyl (C=O) groups is 1. The van der Waals surface area contributed by atoms with Crippen LogP contribution in [0.2, 0.25) is 0 Å². The van der Waals surface area contributed by atoms with Crippen LogP contribution in [0.5, 0.6) is 0 Å². The van der Waals surface area contributed by atoms with Crippen molar-refractivity contribution in [2.45, 2.75) is 26.2 Å². The van der Waals surface area contributed by atoms with Gasteiger partial charge >= 0.3 is 0 Å². The van der Waals surface area contributed by atoms with Gasteiger partial charge in [-0.1, -0.05) is 17.9 Å². The molecule has 21 heavy (non-hydrogen) atoms. The van der Waals surface area contributed by atoms with Gasteiger partial charge in [-0.05, 0) is 49.5 Å². The Hall–Kier alpha value is -1.44. The maximum atomic E-state index is 12.1. The van der Waals surface area contributed by atoms with Crippen LogP contribution in [0, 0.1) is 18.8 Å². The van der Waals surface area contributed by atoms with Crippen molar-refractivity contribution >= 4 is 17.7 Å². The minimum Gasteiger partial charge on any atom is -0.395 e. The van der Waals surface area contributed by atoms with Gasteiger partial charge in [0.15, 0.2) is 0 Å². The zero-order chi connectivity index (χ0) is 15.5. The molecule has 1 aromatic rings. The van der Waals surface area contributed by atoms with Gasteiger partial charge in [0, 0.05) is 24.1 Å². The van der Waals surface area contributed by atoms with E-state index in [2.05, 4.69) is 23.4 Å². The maximum absolute atomic E-state index is 12.1. The lowest BCUT2D eigenvalue weighted by molar-refractivity contribution is 0.0953. The lowest BCUT2D eigenvalue weighted by Gasteiger charge is -2.06. The van der Waals surface area contributed by atoms with Crippen LogP contribution in [-0.2, 0) is 0 Å². The van der Waals surface area contributed by atoms with Crippen LogP contribution in [0.25, 0.3) is 0 Å². The van der Waals surface area contributed by atoms with Crippen LogP contribution in [0.4, 0.5) is 0 Å². The summed E-state index contributed by atoms with van der Waals surface area (Å²) in [7, 11) is 0. The lowest BCUT2D eigenvalue weighted by Crippen LogP contribution is -2.24. The molecule has 0 aliphatic carbocycles. The monoisotopic (exact) mass is 305 g/mol. The smallest absolute Gasteiger partial charge is 0.251 e. The molecule has 3 nitrogen and oxygen atoms in total. The van der Waals surface area contributed by atoms with Gasteiger partial charge in [-0.15, -0.1) is 0 Å². The molecule has 0 bridgehead atoms. The number of hydrogen-bond donors (Lipinski definition) is 2. The standard InChI is InChI=1S/C17H23NO2S/c1-14-8-9-16(13-15(14)7-3-5-11-19)17(20)18-10-4-6-12-21-2/h8-9,13,19H,4-6,10-12H2,1-2H3,(H,18,20). The molecule has 1 aromatic carbocycles. The second kappa shape index (κ2) is 10.3. The average molecular weight is 305 g/mol. The van der Waals surface area contributed by atoms with E-state index in [0.29, 0.717) is 18.5 Å². The Kier molecular flexibility index (Phi) is 8.65. The molecule has 0 aromatic heterocycles. The molecule has 0 saturated carbocycles. The number of nitrogens with one attached hydrogen (secondary N) is 1. The molecule has 0 fully saturated rings. The van der Waals surface area contributed by atoms with Crippen LogP contribution < -0.4 is 5.32 Å². The van der Waals surface area contributed by atoms with E-state index in [1.165, 1.54) is 0 Å². The predicted octanol–water partition coefficient (Wildman–Crippen LogP) is 2.60. The Labute approximate surface area is 131 Å². The molecule has 1 rings (SSSR count). The van der Waals surface area contributed by atoms with Gasteiger partial charge in [-0.2, -0.15) is 11.8 Å². The molecule has 0 aliphatic rings. The summed E-state index contributed by atoms with van der Waals surface area (Å²) in [6.45, 7) is 2.73. The van der Waals surface area contributed by atoms with Gasteiger partial charge in [0.25, 0.3) is 5.91 Å². The second-order valence-corrected chi connectivity index (χ2v) is 5.75. The number of unbranched alkanes of at least 4 members (excludes halogenated alkanes) is 1. The largest absolute Gasteiger partial charge is 0.395 e. The Morgan fingerprint density at radius 3 is 2.90 bits per heavy atom. The number of thioether (sulfide) groups is 1. The summed E-state index contributed by atoms with van der Waals surface area (Å²) >= 11 is 1.82. The highest BCUT2D eigenvalue weighted by Crippen LogP contribution is 2.10. The number of aliphatic hydroxyl groups excluding tert-OH is 1. The number of carbonyl (C=O) groups excluding carboxylic acids is 1. The molecule has 0 spiro atoms. The summed E-state index contributed by atoms with van der Waals surface area (Å²) in [5.74, 6) is 6.97. The summed E-state index contributed by atoms with van der Waals surface area (Å²) < 4.78 is 0. The summed E-state index contributed by atoms with van der Waals surface area (Å²) in [5, 5.41) is 11.7. The number of amides is 1. The third-order valence-corrected chi connectivity index (χ3v) is 3.72. The lowest BCUT2D eigenvalue weighted by atomic mass is 10.0. The SMILES string of the molecule is CSCCCCNC(=O)c1ccc(C)c(C#CCCO)c1. The van der Waals surface area contributed by atoms with Gasteiger partial charge in [-0.3, -0.25) is 4.79 Å². The molecular weight excluding hydrogens is 282 g/mol. The van der Waals surface area contributed by atoms with E-state index in [1.807, 2.05) is 36.9 Å². The Bertz CT molecular complexity index is 517. The molecular formula is C17H23NO2S. The quantitative estimate of drug-likeness (QED) is 0.601. The number of hydrogen-bond acceptors (Lipinski definition) is 3. The molecule has 0 aliphatic heterocycles. The molecule has 4 heteroatoms. The van der Waals surface area contributed by atoms with E-state index in [-0.39, 0.29) is 12.5 Å². The van der Waals surface area contributed by atoms with Crippen molar-refractivity contribution in [2.24, 2.45) is 0 Å². The van der Waals surface area contributed by atoms with Crippen molar-refractivity contribution in [2.75, 3.05) is 25.2 Å². The van der Waals surface area contributed by atoms with Gasteiger partial charge in [0.1, 0.15) is 0 Å². The topological polar surface area (TPSA) is 49.3 Å². The first kappa shape index (κ1) is 17.6. The minimum atomic E-state index is -0.0515. The number of benzene rings is 1. The van der Waals surface area contributed by atoms with E-state index in [9.17, 15) is 4.79 Å². The van der Waals surface area contributed by atoms with Crippen molar-refractivity contribution in [1.82, 2.24) is 5.32 Å². The van der Waals surface area contributed by atoms with Gasteiger partial charge in [-0.25, -0.2) is 0 Å². The van der Waals surface area contributed by atoms with E-state index in [0.717, 1.165) is 29.7 Å². The van der Waals surface area contributed by atoms with E-state index in [1.54, 1.807) is 0 Å². The van der Waals surface area contributed by atoms with Crippen LogP contribution in [0.1, 0.15) is 40.7 Å². The Morgan fingerprint density at radius 2 is 2.19 bits per heavy atom. The molecule has 0 radical (unpaired) electrons. The van der Waals surface area contributed by atoms with Gasteiger partial charge in [0.2, 0.25) is 0 Å². The Balaban J connectivity index is 2.60. The molecule has 114 valence electrons. The van der Waals surface area contributed by atoms with E-state index < -0.39 is 0 Å². The van der Waals surface area contributed by atoms with Crippen LogP contribution in [0.15, 0.2) is 18.2 Å². The van der Waals surface area contributed by atoms with Crippen molar-refractivity contribution in [1.29, 1.82) is 0 Å². The highest BCUT2D eigenvalue weighted by Gasteiger charge is 2.06. The highest BCUT2D eigenvalue weighted by atomic mass is 32.2. The Morgan fingerprint density at radius 1 is 1.38 bits per heavy atom. The van der Waals surface area contributed by atoms with Crippen LogP contribution in [-0.4, -0.2) is 36.2 Å². The first-order valence-electron chi connectivity index (χ1n) is 7.16. The van der Waals surface area contributed by atoms with Gasteiger partial charge < -0.3 is 10.4 Å². The molecule has 2 N–H and O–H groups in total. The predicted molar refractivity (Wildman–Crippen MR) is 89.7 cm³/mol. The minimum absolute atomic E-state index is 0.0515. The van der Waals surface area contributed by atoms with Crippen molar-refractivity contribution in [3.8, 4) is 11.8 Å². The van der Waals surface area contributed by atoms with E-state index in [4.69, 9.17) is 5.11 Å². The third kappa shape index (κ3) is 6.70. The fourth-order valence-corrected chi connectivity index (χ4v) is 2.28. The van der Waals surface area contributed by atoms with Gasteiger partial charge in [0.05, 0.1) is 6.61 Å². The fraction of sp³-hybridized carbons (Fsp3) is 0.471. The average Bonchev–Trinajstić information content (AvgIpc) is 2.49. The number of aryl methyl sites for hydroxylation is 1. The van der Waals surface area contributed by atoms with Crippen LogP contribution in [0.3, 0.4) is 0 Å². The van der Waals surface area contributed by atoms with Crippen LogP contribution >= 0.6 is 11.8 Å². The molecule has 0 saturated heterocycles. The molecule has 0 heterocycles. The first-order valence-corrected chi connectivity index (χ1v) is 8.56. The fourth-order valence-electron chi connectivity index (χ4n) is 1.79. The molecule has 1 amide bonds. The van der Waals surface area contributed by atoms with Crippen molar-refractivity contribution in [3.05, 3.63) is 34.9 Å². The molecule has 0 unspecified atom stereocenters. The first-order chi connectivity index (χ1) is 10.2. The summed E-state index contributed by atoms with van der Waals surface area (Å²) in [6.07, 6.45) is 4.66. The summed E-state index contributed by atoms with van der Waals surface area (Å²) in [5.41, 5.74) is 2.52. The summed E-state index contributed by atoms with van der Waals surface area (Å²) in [4.78, 5) is 12.1. The third-order valence-electron chi connectivity index (χ3n) is 3.02. The van der Waals surface area contributed by atoms with Crippen molar-refractivity contribution in [3.63, 3.8) is 0 Å². The summed E-state index contributed by atoms with van der Waals surface area (Å²) in [6, 6.07) is 5.55. The van der Waals surface area contributed by atoms with E-state index >= 15 is 0 Å². The zero-order valence-electron chi connectivity index (χ0n) is 12.7. The zero-order valence-corrected chi connectivity index (χ0v) is 13.6. The molecule has 0 atom stereocenters. The number of rotatable bonds is 7. The highest BCUT2D eigenvalue weighted by molar-refractivity contribution is 7.98. The van der Waals surface area contributed by atoms with Crippen molar-refractivity contribution < 1.29 is 9.90 Å². The second-order valence-electron chi connectivity index (χ2n) is 4.76. The maximum Gasteiger partial charge on any atom is 0.251 e. The number of aliphatic hydroxyl groups is 1. The normalized spacial score (nSPS) is 9.86.